The number of aryl methyl sites for hydroxylation is 2. The van der Waals surface area contributed by atoms with Crippen molar-refractivity contribution in [2.45, 2.75) is 59.8 Å². The lowest BCUT2D eigenvalue weighted by atomic mass is 9.99. The molecule has 514 valence electrons. The van der Waals surface area contributed by atoms with Gasteiger partial charge in [0, 0.05) is 93.3 Å². The Morgan fingerprint density at radius 3 is 1.47 bits per heavy atom. The van der Waals surface area contributed by atoms with Crippen LogP contribution in [0.4, 0.5) is 17.6 Å². The maximum absolute atomic E-state index is 12.8. The van der Waals surface area contributed by atoms with Crippen molar-refractivity contribution in [2.75, 3.05) is 55.0 Å². The van der Waals surface area contributed by atoms with Crippen LogP contribution in [0.5, 0.6) is 29.1 Å². The van der Waals surface area contributed by atoms with E-state index in [1.807, 2.05) is 56.6 Å². The smallest absolute Gasteiger partial charge is 0.339 e. The first-order chi connectivity index (χ1) is 47.4. The van der Waals surface area contributed by atoms with Crippen molar-refractivity contribution in [1.82, 2.24) is 44.7 Å². The number of hydrogen-bond acceptors (Lipinski definition) is 21. The highest BCUT2D eigenvalue weighted by atomic mass is 19.1. The van der Waals surface area contributed by atoms with E-state index in [0.717, 1.165) is 83.0 Å². The van der Waals surface area contributed by atoms with Gasteiger partial charge >= 0.3 is 23.9 Å². The summed E-state index contributed by atoms with van der Waals surface area (Å²) >= 11 is 0. The molecular weight excluding hydrogens is 1290 g/mol. The number of nitrogens with one attached hydrogen (secondary N) is 2. The first-order valence-electron chi connectivity index (χ1n) is 29.6. The van der Waals surface area contributed by atoms with Gasteiger partial charge in [-0.05, 0) is 133 Å². The zero-order valence-electron chi connectivity index (χ0n) is 53.8. The molecule has 0 aliphatic carbocycles. The van der Waals surface area contributed by atoms with Crippen LogP contribution in [0.2, 0.25) is 0 Å². The number of benzene rings is 2. The number of nitrogens with zero attached hydrogens (tertiary/aromatic N) is 7. The summed E-state index contributed by atoms with van der Waals surface area (Å²) < 4.78 is 86.8. The van der Waals surface area contributed by atoms with Gasteiger partial charge in [0.05, 0.1) is 60.5 Å². The van der Waals surface area contributed by atoms with Crippen LogP contribution in [0.15, 0.2) is 174 Å². The number of halogens is 4. The zero-order valence-corrected chi connectivity index (χ0v) is 53.8. The Labute approximate surface area is 558 Å². The number of aromatic nitrogens is 7. The third kappa shape index (κ3) is 24.5. The monoisotopic (exact) mass is 1360 g/mol. The van der Waals surface area contributed by atoms with E-state index >= 15 is 0 Å². The van der Waals surface area contributed by atoms with Gasteiger partial charge in [0.15, 0.2) is 6.80 Å². The number of alkyl halides is 4. The SMILES string of the molecule is COC(=O)c1ccc(=O)[nH]c1.COC(=O)c1ccc(=O)n(CF)c1.COC(=O)c1ccc(OCF)nc1.Cc1ccc(COc2ccc3c(c2)CN(C(=O)c2ccc(OCF)nc2)CC3)nc1.Cc1ccc(COc2ccc3c(c2)CNCC3)nc1.O=C(O)c1ccc(OCF)nc1. The van der Waals surface area contributed by atoms with Gasteiger partial charge in [-0.25, -0.2) is 51.7 Å². The van der Waals surface area contributed by atoms with E-state index in [2.05, 4.69) is 94.0 Å². The molecule has 0 saturated heterocycles. The second kappa shape index (κ2) is 39.7. The Morgan fingerprint density at radius 2 is 1.00 bits per heavy atom. The number of fused-ring (bicyclic) bond motifs is 2. The standard InChI is InChI=1S/C23H22FN3O3.C16H18N2O.2C8H8FNO3.C7H6FNO3.C7H7NO3/c1-16-2-5-20(25-11-16)14-29-21-6-3-17-8-9-27(13-19(17)10-21)23(28)18-4-7-22(26-12-18)30-15-24;1-12-2-4-15(18-9-12)11-19-16-5-3-13-6-7-17-10-14(13)8-16;1-12-8(11)6-2-3-7(10-4-6)13-5-9;1-13-8(12)6-2-3-7(11)10(4-6)5-9;8-4-12-6-2-1-5(3-9-6)7(10)11;1-11-7(10)5-2-3-6(9)8-4-5/h2-7,10-12H,8-9,13-15H2,1H3;2-5,8-9,17H,6-7,10-11H2,1H3;2*2-4H,5H2,1H3;1-3H,4H2,(H,10,11);2-4H,1H3,(H,8,9). The molecule has 1 amide bonds. The number of carboxylic acids is 1. The molecule has 2 aliphatic rings. The third-order valence-corrected chi connectivity index (χ3v) is 13.7. The van der Waals surface area contributed by atoms with Crippen LogP contribution in [0.25, 0.3) is 0 Å². The van der Waals surface area contributed by atoms with E-state index in [1.54, 1.807) is 11.0 Å². The summed E-state index contributed by atoms with van der Waals surface area (Å²) in [7, 11) is 3.77. The number of hydrogen-bond donors (Lipinski definition) is 3. The molecule has 9 aromatic rings. The first kappa shape index (κ1) is 75.2. The minimum Gasteiger partial charge on any atom is -0.487 e. The number of H-pyrrole nitrogens is 1. The predicted octanol–water partition coefficient (Wildman–Crippen LogP) is 9.47. The predicted molar refractivity (Wildman–Crippen MR) is 346 cm³/mol. The van der Waals surface area contributed by atoms with Crippen LogP contribution >= 0.6 is 0 Å². The molecule has 9 heterocycles. The van der Waals surface area contributed by atoms with Crippen LogP contribution < -0.4 is 40.1 Å². The van der Waals surface area contributed by atoms with Gasteiger partial charge in [0.2, 0.25) is 43.8 Å². The molecule has 0 saturated carbocycles. The van der Waals surface area contributed by atoms with Gasteiger partial charge in [0.25, 0.3) is 11.5 Å². The highest BCUT2D eigenvalue weighted by Gasteiger charge is 2.23. The molecule has 98 heavy (non-hydrogen) atoms. The third-order valence-electron chi connectivity index (χ3n) is 13.7. The molecule has 7 aromatic heterocycles. The van der Waals surface area contributed by atoms with E-state index in [9.17, 15) is 51.1 Å². The van der Waals surface area contributed by atoms with Gasteiger partial charge in [-0.1, -0.05) is 24.3 Å². The number of rotatable bonds is 18. The van der Waals surface area contributed by atoms with Crippen LogP contribution in [0, 0.1) is 13.8 Å². The Kier molecular flexibility index (Phi) is 30.5. The molecule has 0 atom stereocenters. The normalized spacial score (nSPS) is 11.4. The highest BCUT2D eigenvalue weighted by molar-refractivity contribution is 5.94. The number of amides is 1. The number of aromatic carboxylic acids is 1. The molecular formula is C69H69F4N9O16. The summed E-state index contributed by atoms with van der Waals surface area (Å²) in [5.74, 6) is -0.697. The van der Waals surface area contributed by atoms with Crippen molar-refractivity contribution >= 4 is 29.8 Å². The Morgan fingerprint density at radius 1 is 0.510 bits per heavy atom. The molecule has 0 spiro atoms. The Bertz CT molecular complexity index is 4130. The maximum atomic E-state index is 12.8. The molecule has 25 nitrogen and oxygen atoms in total. The van der Waals surface area contributed by atoms with Crippen molar-refractivity contribution < 1.29 is 84.5 Å². The quantitative estimate of drug-likeness (QED) is 0.0409. The van der Waals surface area contributed by atoms with Crippen molar-refractivity contribution in [3.8, 4) is 29.1 Å². The van der Waals surface area contributed by atoms with Crippen LogP contribution in [0.1, 0.15) is 96.6 Å². The fourth-order valence-electron chi connectivity index (χ4n) is 8.58. The molecule has 11 rings (SSSR count). The number of ether oxygens (including phenoxy) is 8. The molecule has 2 aliphatic heterocycles. The number of carbonyl (C=O) groups is 5. The lowest BCUT2D eigenvalue weighted by Gasteiger charge is -2.29. The second-order valence-electron chi connectivity index (χ2n) is 20.5. The average Bonchev–Trinajstić information content (AvgIpc) is 0.872. The minimum absolute atomic E-state index is 0.0428. The number of pyridine rings is 7. The zero-order chi connectivity index (χ0) is 70.8. The topological polar surface area (TPSA) is 314 Å². The molecule has 0 fully saturated rings. The van der Waals surface area contributed by atoms with E-state index < -0.39 is 56.8 Å². The van der Waals surface area contributed by atoms with Crippen molar-refractivity contribution in [3.05, 3.63) is 258 Å². The number of carbonyl (C=O) groups excluding carboxylic acids is 4. The van der Waals surface area contributed by atoms with Crippen LogP contribution in [-0.2, 0) is 60.2 Å². The number of esters is 3. The van der Waals surface area contributed by atoms with Gasteiger partial charge < -0.3 is 58.2 Å². The van der Waals surface area contributed by atoms with E-state index in [0.29, 0.717) is 43.0 Å². The van der Waals surface area contributed by atoms with Crippen molar-refractivity contribution in [3.63, 3.8) is 0 Å². The van der Waals surface area contributed by atoms with E-state index in [-0.39, 0.29) is 40.2 Å². The molecule has 3 N–H and O–H groups in total. The van der Waals surface area contributed by atoms with Gasteiger partial charge in [-0.3, -0.25) is 28.9 Å². The molecule has 0 radical (unpaired) electrons. The lowest BCUT2D eigenvalue weighted by molar-refractivity contribution is 0.0590. The summed E-state index contributed by atoms with van der Waals surface area (Å²) in [5, 5.41) is 11.8. The Balaban J connectivity index is 0.000000195. The first-order valence-corrected chi connectivity index (χ1v) is 29.6. The van der Waals surface area contributed by atoms with E-state index in [4.69, 9.17) is 14.6 Å². The largest absolute Gasteiger partial charge is 0.487 e. The summed E-state index contributed by atoms with van der Waals surface area (Å²) in [4.78, 5) is 101. The van der Waals surface area contributed by atoms with Crippen LogP contribution in [0.3, 0.4) is 0 Å². The minimum atomic E-state index is -1.07. The summed E-state index contributed by atoms with van der Waals surface area (Å²) in [5.41, 5.74) is 9.71. The van der Waals surface area contributed by atoms with Crippen molar-refractivity contribution in [1.29, 1.82) is 0 Å². The molecule has 2 aromatic carbocycles. The van der Waals surface area contributed by atoms with Gasteiger partial charge in [0.1, 0.15) is 24.7 Å². The molecule has 0 bridgehead atoms. The van der Waals surface area contributed by atoms with Gasteiger partial charge in [-0.15, -0.1) is 0 Å². The van der Waals surface area contributed by atoms with E-state index in [1.165, 1.54) is 111 Å². The fourth-order valence-corrected chi connectivity index (χ4v) is 8.58. The highest BCUT2D eigenvalue weighted by Crippen LogP contribution is 2.26. The number of methoxy groups -OCH3 is 3. The summed E-state index contributed by atoms with van der Waals surface area (Å²) in [6.07, 6.45) is 11.8. The van der Waals surface area contributed by atoms with Crippen molar-refractivity contribution in [2.24, 2.45) is 0 Å². The maximum Gasteiger partial charge on any atom is 0.339 e. The Hall–Kier alpha value is -11.9. The average molecular weight is 1360 g/mol. The molecule has 29 heteroatoms. The number of carboxylic acid groups (broad SMARTS) is 1. The second-order valence-corrected chi connectivity index (χ2v) is 20.5. The molecule has 0 unspecified atom stereocenters. The summed E-state index contributed by atoms with van der Waals surface area (Å²) in [6, 6.07) is 34.0. The van der Waals surface area contributed by atoms with Gasteiger partial charge in [-0.2, -0.15) is 0 Å². The number of aromatic amines is 1. The fraction of sp³-hybridized carbons (Fsp3) is 0.246. The van der Waals surface area contributed by atoms with Crippen LogP contribution in [-0.4, -0.2) is 129 Å². The summed E-state index contributed by atoms with van der Waals surface area (Å²) in [6.45, 7) is 4.26. The lowest BCUT2D eigenvalue weighted by Crippen LogP contribution is -2.36.